The molecule has 0 fully saturated rings. The summed E-state index contributed by atoms with van der Waals surface area (Å²) in [5.41, 5.74) is 0.535. The summed E-state index contributed by atoms with van der Waals surface area (Å²) in [7, 11) is -3.83. The average Bonchev–Trinajstić information content (AvgIpc) is 2.76. The highest BCUT2D eigenvalue weighted by atomic mass is 32.2. The van der Waals surface area contributed by atoms with Crippen molar-refractivity contribution in [1.29, 1.82) is 0 Å². The summed E-state index contributed by atoms with van der Waals surface area (Å²) in [6, 6.07) is 18.0. The zero-order valence-electron chi connectivity index (χ0n) is 16.4. The van der Waals surface area contributed by atoms with Crippen LogP contribution in [0.15, 0.2) is 71.6 Å². The van der Waals surface area contributed by atoms with Crippen LogP contribution in [0.2, 0.25) is 0 Å². The third-order valence-corrected chi connectivity index (χ3v) is 6.54. The van der Waals surface area contributed by atoms with Crippen molar-refractivity contribution < 1.29 is 18.0 Å². The highest BCUT2D eigenvalue weighted by molar-refractivity contribution is 7.98. The molecule has 3 aromatic carbocycles. The third-order valence-electron chi connectivity index (χ3n) is 4.52. The average molecular weight is 443 g/mol. The Balaban J connectivity index is 1.77. The van der Waals surface area contributed by atoms with E-state index < -0.39 is 22.0 Å². The first-order valence-electron chi connectivity index (χ1n) is 9.30. The first kappa shape index (κ1) is 21.9. The van der Waals surface area contributed by atoms with Crippen LogP contribution in [-0.2, 0) is 14.8 Å². The van der Waals surface area contributed by atoms with E-state index in [1.165, 1.54) is 6.07 Å². The van der Waals surface area contributed by atoms with Gasteiger partial charge in [-0.25, -0.2) is 8.42 Å². The van der Waals surface area contributed by atoms with Gasteiger partial charge in [-0.1, -0.05) is 36.4 Å². The fraction of sp³-hybridized carbons (Fsp3) is 0.182. The zero-order valence-corrected chi connectivity index (χ0v) is 18.0. The fourth-order valence-electron chi connectivity index (χ4n) is 2.94. The second-order valence-corrected chi connectivity index (χ2v) is 9.36. The van der Waals surface area contributed by atoms with E-state index in [-0.39, 0.29) is 16.1 Å². The van der Waals surface area contributed by atoms with E-state index in [9.17, 15) is 18.0 Å². The molecule has 30 heavy (non-hydrogen) atoms. The first-order chi connectivity index (χ1) is 14.4. The number of anilines is 1. The van der Waals surface area contributed by atoms with E-state index in [0.29, 0.717) is 12.7 Å². The van der Waals surface area contributed by atoms with Crippen LogP contribution in [0.1, 0.15) is 16.8 Å². The molecule has 0 saturated heterocycles. The van der Waals surface area contributed by atoms with Gasteiger partial charge in [0.15, 0.2) is 0 Å². The number of fused-ring (bicyclic) bond motifs is 1. The maximum Gasteiger partial charge on any atom is 0.261 e. The van der Waals surface area contributed by atoms with Gasteiger partial charge < -0.3 is 10.1 Å². The predicted molar refractivity (Wildman–Crippen MR) is 122 cm³/mol. The van der Waals surface area contributed by atoms with E-state index in [1.807, 2.05) is 30.5 Å². The predicted octanol–water partition coefficient (Wildman–Crippen LogP) is 3.69. The number of nitrogens with one attached hydrogen (secondary N) is 2. The molecule has 6 nitrogen and oxygen atoms in total. The summed E-state index contributed by atoms with van der Waals surface area (Å²) in [6.45, 7) is 0. The van der Waals surface area contributed by atoms with Crippen LogP contribution >= 0.6 is 11.8 Å². The number of hydrogen-bond donors (Lipinski definition) is 2. The first-order valence-corrected chi connectivity index (χ1v) is 12.2. The van der Waals surface area contributed by atoms with Crippen molar-refractivity contribution in [2.75, 3.05) is 16.7 Å². The van der Waals surface area contributed by atoms with Crippen molar-refractivity contribution in [2.24, 2.45) is 0 Å². The van der Waals surface area contributed by atoms with Crippen molar-refractivity contribution in [3.05, 3.63) is 72.3 Å². The molecule has 0 aromatic heterocycles. The van der Waals surface area contributed by atoms with Gasteiger partial charge in [0.05, 0.1) is 10.9 Å². The van der Waals surface area contributed by atoms with Gasteiger partial charge in [0.2, 0.25) is 0 Å². The van der Waals surface area contributed by atoms with Crippen LogP contribution in [-0.4, -0.2) is 38.7 Å². The van der Waals surface area contributed by atoms with Crippen LogP contribution in [0.3, 0.4) is 0 Å². The Kier molecular flexibility index (Phi) is 7.12. The molecule has 1 atom stereocenters. The number of benzene rings is 3. The molecular formula is C22H22N2O4S2. The van der Waals surface area contributed by atoms with E-state index in [1.54, 1.807) is 48.2 Å². The summed E-state index contributed by atoms with van der Waals surface area (Å²) >= 11 is 1.59. The molecule has 3 aromatic rings. The van der Waals surface area contributed by atoms with Gasteiger partial charge in [0, 0.05) is 11.3 Å². The fourth-order valence-corrected chi connectivity index (χ4v) is 4.52. The Labute approximate surface area is 180 Å². The second kappa shape index (κ2) is 9.77. The maximum atomic E-state index is 12.8. The molecule has 0 bridgehead atoms. The van der Waals surface area contributed by atoms with Crippen LogP contribution in [0.4, 0.5) is 5.69 Å². The third kappa shape index (κ3) is 5.40. The molecule has 0 unspecified atom stereocenters. The monoisotopic (exact) mass is 442 g/mol. The van der Waals surface area contributed by atoms with Gasteiger partial charge >= 0.3 is 0 Å². The Morgan fingerprint density at radius 2 is 1.80 bits per heavy atom. The van der Waals surface area contributed by atoms with Gasteiger partial charge in [0.25, 0.3) is 15.9 Å². The van der Waals surface area contributed by atoms with Crippen molar-refractivity contribution >= 4 is 50.4 Å². The van der Waals surface area contributed by atoms with Gasteiger partial charge in [-0.3, -0.25) is 9.52 Å². The number of aldehydes is 1. The number of thioether (sulfide) groups is 1. The molecule has 1 amide bonds. The summed E-state index contributed by atoms with van der Waals surface area (Å²) in [5, 5.41) is 4.43. The highest BCUT2D eigenvalue weighted by Crippen LogP contribution is 2.22. The molecule has 0 saturated carbocycles. The lowest BCUT2D eigenvalue weighted by Gasteiger charge is -2.13. The van der Waals surface area contributed by atoms with Gasteiger partial charge in [-0.15, -0.1) is 0 Å². The van der Waals surface area contributed by atoms with Crippen molar-refractivity contribution in [3.63, 3.8) is 0 Å². The number of carbonyl (C=O) groups excluding carboxylic acids is 2. The molecule has 0 aliphatic heterocycles. The Morgan fingerprint density at radius 3 is 2.53 bits per heavy atom. The number of hydrogen-bond acceptors (Lipinski definition) is 5. The lowest BCUT2D eigenvalue weighted by atomic mass is 10.1. The molecule has 156 valence electrons. The summed E-state index contributed by atoms with van der Waals surface area (Å²) < 4.78 is 28.1. The van der Waals surface area contributed by atoms with Crippen molar-refractivity contribution in [2.45, 2.75) is 17.4 Å². The van der Waals surface area contributed by atoms with Crippen molar-refractivity contribution in [3.8, 4) is 0 Å². The molecule has 3 rings (SSSR count). The quantitative estimate of drug-likeness (QED) is 0.493. The van der Waals surface area contributed by atoms with Gasteiger partial charge in [0.1, 0.15) is 6.29 Å². The molecule has 0 spiro atoms. The normalized spacial score (nSPS) is 12.3. The Morgan fingerprint density at radius 1 is 1.03 bits per heavy atom. The molecule has 0 aliphatic carbocycles. The molecule has 2 N–H and O–H groups in total. The summed E-state index contributed by atoms with van der Waals surface area (Å²) in [5.74, 6) is 0.315. The largest absolute Gasteiger partial charge is 0.342 e. The maximum absolute atomic E-state index is 12.8. The molecule has 0 radical (unpaired) electrons. The van der Waals surface area contributed by atoms with E-state index >= 15 is 0 Å². The number of sulfonamides is 1. The van der Waals surface area contributed by atoms with Crippen LogP contribution in [0.25, 0.3) is 10.8 Å². The topological polar surface area (TPSA) is 92.3 Å². The Hall–Kier alpha value is -2.84. The molecule has 8 heteroatoms. The lowest BCUT2D eigenvalue weighted by molar-refractivity contribution is -0.109. The minimum absolute atomic E-state index is 0.133. The SMILES string of the molecule is CSCC[C@@H](C=O)NC(=O)c1cccc(NS(=O)(=O)c2ccc3ccccc3c2)c1. The Bertz CT molecular complexity index is 1160. The number of amides is 1. The molecular weight excluding hydrogens is 420 g/mol. The molecule has 0 heterocycles. The summed E-state index contributed by atoms with van der Waals surface area (Å²) in [4.78, 5) is 23.8. The van der Waals surface area contributed by atoms with Crippen LogP contribution in [0, 0.1) is 0 Å². The molecule has 0 aliphatic rings. The van der Waals surface area contributed by atoms with Gasteiger partial charge in [-0.2, -0.15) is 11.8 Å². The van der Waals surface area contributed by atoms with E-state index in [4.69, 9.17) is 0 Å². The highest BCUT2D eigenvalue weighted by Gasteiger charge is 2.17. The number of carbonyl (C=O) groups is 2. The summed E-state index contributed by atoms with van der Waals surface area (Å²) in [6.07, 6.45) is 3.17. The van der Waals surface area contributed by atoms with Gasteiger partial charge in [-0.05, 0) is 59.5 Å². The number of rotatable bonds is 9. The zero-order chi connectivity index (χ0) is 21.6. The van der Waals surface area contributed by atoms with E-state index in [2.05, 4.69) is 10.0 Å². The van der Waals surface area contributed by atoms with Crippen molar-refractivity contribution in [1.82, 2.24) is 5.32 Å². The minimum Gasteiger partial charge on any atom is -0.342 e. The smallest absolute Gasteiger partial charge is 0.261 e. The second-order valence-electron chi connectivity index (χ2n) is 6.69. The van der Waals surface area contributed by atoms with Crippen LogP contribution in [0.5, 0.6) is 0 Å². The minimum atomic E-state index is -3.83. The lowest BCUT2D eigenvalue weighted by Crippen LogP contribution is -2.36. The van der Waals surface area contributed by atoms with Crippen LogP contribution < -0.4 is 10.0 Å². The standard InChI is InChI=1S/C22H22N2O4S2/c1-29-12-11-20(15-25)23-22(26)18-7-4-8-19(13-18)24-30(27,28)21-10-9-16-5-2-3-6-17(16)14-21/h2-10,13-15,20,24H,11-12H2,1H3,(H,23,26)/t20-/m0/s1. The van der Waals surface area contributed by atoms with E-state index in [0.717, 1.165) is 16.5 Å².